The van der Waals surface area contributed by atoms with Crippen molar-refractivity contribution in [1.82, 2.24) is 19.6 Å². The molecular weight excluding hydrogens is 392 g/mol. The summed E-state index contributed by atoms with van der Waals surface area (Å²) in [6.45, 7) is 4.21. The molecule has 1 aromatic carbocycles. The number of rotatable bonds is 4. The number of amides is 1. The molecule has 3 aromatic heterocycles. The Bertz CT molecular complexity index is 1220. The molecule has 8 nitrogen and oxygen atoms in total. The molecule has 8 heteroatoms. The summed E-state index contributed by atoms with van der Waals surface area (Å²) in [7, 11) is 0. The molecule has 1 saturated heterocycles. The molecule has 0 radical (unpaired) electrons. The first-order chi connectivity index (χ1) is 15.2. The van der Waals surface area contributed by atoms with E-state index in [0.717, 1.165) is 30.0 Å². The molecule has 4 heterocycles. The number of carbonyl (C=O) groups excluding carboxylic acids is 1. The van der Waals surface area contributed by atoms with E-state index in [9.17, 15) is 4.79 Å². The number of nitrogens with one attached hydrogen (secondary N) is 1. The van der Waals surface area contributed by atoms with Gasteiger partial charge in [-0.15, -0.1) is 0 Å². The van der Waals surface area contributed by atoms with Crippen molar-refractivity contribution in [2.45, 2.75) is 13.0 Å². The SMILES string of the molecule is CC1CN(c2ccncc2NC(=O)c2ccnn3cc(-c4ccccc4)nc23)CCO1. The average Bonchev–Trinajstić information content (AvgIpc) is 3.24. The van der Waals surface area contributed by atoms with Gasteiger partial charge in [0.25, 0.3) is 5.91 Å². The zero-order valence-electron chi connectivity index (χ0n) is 17.1. The number of morpholine rings is 1. The highest BCUT2D eigenvalue weighted by atomic mass is 16.5. The Hall–Kier alpha value is -3.78. The molecule has 1 amide bonds. The Balaban J connectivity index is 1.46. The van der Waals surface area contributed by atoms with Gasteiger partial charge >= 0.3 is 0 Å². The largest absolute Gasteiger partial charge is 0.375 e. The van der Waals surface area contributed by atoms with Crippen LogP contribution >= 0.6 is 0 Å². The Labute approximate surface area is 179 Å². The summed E-state index contributed by atoms with van der Waals surface area (Å²) < 4.78 is 7.27. The van der Waals surface area contributed by atoms with Crippen molar-refractivity contribution < 1.29 is 9.53 Å². The fourth-order valence-corrected chi connectivity index (χ4v) is 3.81. The van der Waals surface area contributed by atoms with Crippen LogP contribution in [-0.4, -0.2) is 51.3 Å². The minimum atomic E-state index is -0.256. The van der Waals surface area contributed by atoms with Crippen molar-refractivity contribution in [2.24, 2.45) is 0 Å². The van der Waals surface area contributed by atoms with Crippen molar-refractivity contribution >= 4 is 22.9 Å². The van der Waals surface area contributed by atoms with Crippen LogP contribution in [0.2, 0.25) is 0 Å². The molecule has 31 heavy (non-hydrogen) atoms. The molecule has 0 bridgehead atoms. The second-order valence-electron chi connectivity index (χ2n) is 7.48. The molecule has 0 spiro atoms. The van der Waals surface area contributed by atoms with Crippen LogP contribution in [-0.2, 0) is 4.74 Å². The molecular formula is C23H22N6O2. The minimum Gasteiger partial charge on any atom is -0.375 e. The lowest BCUT2D eigenvalue weighted by molar-refractivity contribution is 0.0533. The van der Waals surface area contributed by atoms with Crippen molar-refractivity contribution in [1.29, 1.82) is 0 Å². The molecule has 1 N–H and O–H groups in total. The van der Waals surface area contributed by atoms with Gasteiger partial charge in [0.05, 0.1) is 47.7 Å². The van der Waals surface area contributed by atoms with E-state index < -0.39 is 0 Å². The number of aromatic nitrogens is 4. The van der Waals surface area contributed by atoms with Crippen LogP contribution in [0.1, 0.15) is 17.3 Å². The second-order valence-corrected chi connectivity index (χ2v) is 7.48. The molecule has 5 rings (SSSR count). The van der Waals surface area contributed by atoms with Gasteiger partial charge < -0.3 is 15.0 Å². The van der Waals surface area contributed by atoms with Crippen LogP contribution in [0.3, 0.4) is 0 Å². The minimum absolute atomic E-state index is 0.131. The van der Waals surface area contributed by atoms with E-state index in [1.54, 1.807) is 29.2 Å². The number of imidazole rings is 1. The summed E-state index contributed by atoms with van der Waals surface area (Å²) in [6.07, 6.45) is 6.97. The Morgan fingerprint density at radius 1 is 1.16 bits per heavy atom. The monoisotopic (exact) mass is 414 g/mol. The van der Waals surface area contributed by atoms with Gasteiger partial charge in [0, 0.05) is 31.0 Å². The summed E-state index contributed by atoms with van der Waals surface area (Å²) in [6, 6.07) is 13.4. The number of pyridine rings is 1. The van der Waals surface area contributed by atoms with Gasteiger partial charge in [0.2, 0.25) is 0 Å². The summed E-state index contributed by atoms with van der Waals surface area (Å²) >= 11 is 0. The van der Waals surface area contributed by atoms with E-state index in [1.807, 2.05) is 49.5 Å². The highest BCUT2D eigenvalue weighted by molar-refractivity contribution is 6.09. The molecule has 1 fully saturated rings. The van der Waals surface area contributed by atoms with Crippen molar-refractivity contribution in [3.63, 3.8) is 0 Å². The lowest BCUT2D eigenvalue weighted by atomic mass is 10.2. The number of benzene rings is 1. The van der Waals surface area contributed by atoms with Crippen LogP contribution in [0.15, 0.2) is 67.3 Å². The smallest absolute Gasteiger partial charge is 0.259 e. The average molecular weight is 414 g/mol. The normalized spacial score (nSPS) is 16.4. The second kappa shape index (κ2) is 8.16. The molecule has 0 aliphatic carbocycles. The van der Waals surface area contributed by atoms with E-state index in [4.69, 9.17) is 4.74 Å². The van der Waals surface area contributed by atoms with Gasteiger partial charge in [-0.05, 0) is 19.1 Å². The maximum atomic E-state index is 13.2. The zero-order valence-corrected chi connectivity index (χ0v) is 17.1. The number of nitrogens with zero attached hydrogens (tertiary/aromatic N) is 5. The predicted molar refractivity (Wildman–Crippen MR) is 118 cm³/mol. The molecule has 1 aliphatic rings. The first-order valence-electron chi connectivity index (χ1n) is 10.2. The number of anilines is 2. The van der Waals surface area contributed by atoms with Gasteiger partial charge in [-0.2, -0.15) is 5.10 Å². The lowest BCUT2D eigenvalue weighted by Crippen LogP contribution is -2.41. The third kappa shape index (κ3) is 3.85. The van der Waals surface area contributed by atoms with Gasteiger partial charge in [0.1, 0.15) is 0 Å². The number of ether oxygens (including phenoxy) is 1. The Morgan fingerprint density at radius 2 is 2.03 bits per heavy atom. The van der Waals surface area contributed by atoms with Gasteiger partial charge in [-0.3, -0.25) is 9.78 Å². The summed E-state index contributed by atoms with van der Waals surface area (Å²) in [4.78, 5) is 24.3. The topological polar surface area (TPSA) is 84.7 Å². The predicted octanol–water partition coefficient (Wildman–Crippen LogP) is 3.27. The maximum Gasteiger partial charge on any atom is 0.259 e. The number of hydrogen-bond acceptors (Lipinski definition) is 6. The van der Waals surface area contributed by atoms with E-state index >= 15 is 0 Å². The lowest BCUT2D eigenvalue weighted by Gasteiger charge is -2.33. The van der Waals surface area contributed by atoms with Gasteiger partial charge in [-0.1, -0.05) is 30.3 Å². The Kier molecular flexibility index (Phi) is 5.05. The van der Waals surface area contributed by atoms with Crippen molar-refractivity contribution in [2.75, 3.05) is 29.9 Å². The van der Waals surface area contributed by atoms with E-state index in [1.165, 1.54) is 0 Å². The van der Waals surface area contributed by atoms with E-state index in [0.29, 0.717) is 23.5 Å². The van der Waals surface area contributed by atoms with Gasteiger partial charge in [-0.25, -0.2) is 9.50 Å². The molecule has 1 atom stereocenters. The number of carbonyl (C=O) groups is 1. The van der Waals surface area contributed by atoms with Crippen LogP contribution in [0.25, 0.3) is 16.9 Å². The summed E-state index contributed by atoms with van der Waals surface area (Å²) in [5, 5.41) is 7.33. The molecule has 156 valence electrons. The Morgan fingerprint density at radius 3 is 2.87 bits per heavy atom. The molecule has 1 unspecified atom stereocenters. The fraction of sp³-hybridized carbons (Fsp3) is 0.217. The molecule has 1 aliphatic heterocycles. The summed E-state index contributed by atoms with van der Waals surface area (Å²) in [5.74, 6) is -0.256. The van der Waals surface area contributed by atoms with Gasteiger partial charge in [0.15, 0.2) is 5.65 Å². The zero-order chi connectivity index (χ0) is 21.2. The summed E-state index contributed by atoms with van der Waals surface area (Å²) in [5.41, 5.74) is 4.27. The fourth-order valence-electron chi connectivity index (χ4n) is 3.81. The van der Waals surface area contributed by atoms with Crippen molar-refractivity contribution in [3.05, 3.63) is 72.8 Å². The van der Waals surface area contributed by atoms with Crippen LogP contribution in [0, 0.1) is 0 Å². The van der Waals surface area contributed by atoms with Crippen LogP contribution in [0.4, 0.5) is 11.4 Å². The first-order valence-corrected chi connectivity index (χ1v) is 10.2. The highest BCUT2D eigenvalue weighted by Gasteiger charge is 2.21. The third-order valence-electron chi connectivity index (χ3n) is 5.30. The van der Waals surface area contributed by atoms with Crippen molar-refractivity contribution in [3.8, 4) is 11.3 Å². The number of fused-ring (bicyclic) bond motifs is 1. The standard InChI is InChI=1S/C23H22N6O2/c1-16-14-28(11-12-31-16)21-8-9-24-13-19(21)27-23(30)18-7-10-25-29-15-20(26-22(18)29)17-5-3-2-4-6-17/h2-10,13,15-16H,11-12,14H2,1H3,(H,27,30). The van der Waals surface area contributed by atoms with Crippen LogP contribution < -0.4 is 10.2 Å². The molecule has 4 aromatic rings. The van der Waals surface area contributed by atoms with Crippen LogP contribution in [0.5, 0.6) is 0 Å². The molecule has 0 saturated carbocycles. The third-order valence-corrected chi connectivity index (χ3v) is 5.30. The maximum absolute atomic E-state index is 13.2. The van der Waals surface area contributed by atoms with E-state index in [-0.39, 0.29) is 12.0 Å². The quantitative estimate of drug-likeness (QED) is 0.552. The highest BCUT2D eigenvalue weighted by Crippen LogP contribution is 2.27. The van der Waals surface area contributed by atoms with E-state index in [2.05, 4.69) is 25.3 Å². The number of hydrogen-bond donors (Lipinski definition) is 1. The first kappa shape index (κ1) is 19.2.